The Labute approximate surface area is 116 Å². The van der Waals surface area contributed by atoms with Crippen molar-refractivity contribution in [2.24, 2.45) is 5.92 Å². The summed E-state index contributed by atoms with van der Waals surface area (Å²) in [5.41, 5.74) is 2.06. The Morgan fingerprint density at radius 2 is 2.21 bits per heavy atom. The molecule has 19 heavy (non-hydrogen) atoms. The van der Waals surface area contributed by atoms with Crippen molar-refractivity contribution in [3.8, 4) is 0 Å². The zero-order valence-corrected chi connectivity index (χ0v) is 12.4. The highest BCUT2D eigenvalue weighted by Gasteiger charge is 2.18. The van der Waals surface area contributed by atoms with Crippen LogP contribution in [0.3, 0.4) is 0 Å². The molecule has 1 atom stereocenters. The van der Waals surface area contributed by atoms with Gasteiger partial charge in [-0.15, -0.1) is 0 Å². The molecule has 2 heterocycles. The smallest absolute Gasteiger partial charge is 0.0727 e. The number of hydrogen-bond donors (Lipinski definition) is 1. The summed E-state index contributed by atoms with van der Waals surface area (Å²) in [7, 11) is 0. The van der Waals surface area contributed by atoms with E-state index in [1.165, 1.54) is 12.8 Å². The van der Waals surface area contributed by atoms with Gasteiger partial charge < -0.3 is 5.32 Å². The molecule has 0 spiro atoms. The number of rotatable bonds is 4. The number of aryl methyl sites for hydroxylation is 1. The van der Waals surface area contributed by atoms with Crippen LogP contribution in [-0.2, 0) is 6.54 Å². The first kappa shape index (κ1) is 14.4. The lowest BCUT2D eigenvalue weighted by molar-refractivity contribution is 0.245. The zero-order valence-electron chi connectivity index (χ0n) is 12.4. The van der Waals surface area contributed by atoms with E-state index in [0.29, 0.717) is 6.04 Å². The fourth-order valence-electron chi connectivity index (χ4n) is 2.68. The minimum Gasteiger partial charge on any atom is -0.313 e. The summed E-state index contributed by atoms with van der Waals surface area (Å²) in [4.78, 5) is 11.3. The first-order chi connectivity index (χ1) is 9.13. The summed E-state index contributed by atoms with van der Waals surface area (Å²) in [6.07, 6.45) is 6.23. The number of nitrogens with one attached hydrogen (secondary N) is 1. The van der Waals surface area contributed by atoms with Crippen molar-refractivity contribution in [2.75, 3.05) is 19.6 Å². The van der Waals surface area contributed by atoms with Gasteiger partial charge in [-0.3, -0.25) is 14.9 Å². The van der Waals surface area contributed by atoms with E-state index in [0.717, 1.165) is 43.5 Å². The Kier molecular flexibility index (Phi) is 5.28. The second-order valence-corrected chi connectivity index (χ2v) is 6.02. The SMILES string of the molecule is Cc1cnc(CN2CCCNC(CC(C)C)C2)cn1. The molecule has 0 saturated carbocycles. The van der Waals surface area contributed by atoms with E-state index in [4.69, 9.17) is 0 Å². The standard InChI is InChI=1S/C15H26N4/c1-12(2)7-14-10-19(6-4-5-16-14)11-15-9-17-13(3)8-18-15/h8-9,12,14,16H,4-7,10-11H2,1-3H3. The van der Waals surface area contributed by atoms with E-state index in [1.807, 2.05) is 19.3 Å². The Bertz CT molecular complexity index is 374. The lowest BCUT2D eigenvalue weighted by Gasteiger charge is -2.25. The van der Waals surface area contributed by atoms with Gasteiger partial charge in [0.05, 0.1) is 11.4 Å². The van der Waals surface area contributed by atoms with E-state index in [-0.39, 0.29) is 0 Å². The lowest BCUT2D eigenvalue weighted by atomic mass is 10.0. The monoisotopic (exact) mass is 262 g/mol. The van der Waals surface area contributed by atoms with Crippen molar-refractivity contribution >= 4 is 0 Å². The van der Waals surface area contributed by atoms with Crippen molar-refractivity contribution in [3.63, 3.8) is 0 Å². The van der Waals surface area contributed by atoms with Gasteiger partial charge in [-0.05, 0) is 38.8 Å². The minimum absolute atomic E-state index is 0.612. The highest BCUT2D eigenvalue weighted by Crippen LogP contribution is 2.11. The molecular formula is C15H26N4. The van der Waals surface area contributed by atoms with Gasteiger partial charge in [0, 0.05) is 31.5 Å². The molecule has 1 aromatic heterocycles. The van der Waals surface area contributed by atoms with Crippen LogP contribution in [-0.4, -0.2) is 40.5 Å². The summed E-state index contributed by atoms with van der Waals surface area (Å²) < 4.78 is 0. The summed E-state index contributed by atoms with van der Waals surface area (Å²) in [5, 5.41) is 3.66. The van der Waals surface area contributed by atoms with Gasteiger partial charge in [0.2, 0.25) is 0 Å². The number of nitrogens with zero attached hydrogens (tertiary/aromatic N) is 3. The average Bonchev–Trinajstić information content (AvgIpc) is 2.57. The van der Waals surface area contributed by atoms with E-state index >= 15 is 0 Å². The Hall–Kier alpha value is -1.00. The molecule has 1 aliphatic heterocycles. The Balaban J connectivity index is 1.92. The molecule has 0 aliphatic carbocycles. The second-order valence-electron chi connectivity index (χ2n) is 6.02. The van der Waals surface area contributed by atoms with Gasteiger partial charge in [-0.1, -0.05) is 13.8 Å². The predicted molar refractivity (Wildman–Crippen MR) is 77.9 cm³/mol. The summed E-state index contributed by atoms with van der Waals surface area (Å²) in [6.45, 7) is 10.9. The van der Waals surface area contributed by atoms with Gasteiger partial charge in [-0.25, -0.2) is 0 Å². The van der Waals surface area contributed by atoms with Crippen LogP contribution < -0.4 is 5.32 Å². The quantitative estimate of drug-likeness (QED) is 0.901. The van der Waals surface area contributed by atoms with Crippen molar-refractivity contribution < 1.29 is 0 Å². The van der Waals surface area contributed by atoms with E-state index in [2.05, 4.69) is 34.0 Å². The molecule has 0 bridgehead atoms. The second kappa shape index (κ2) is 6.96. The molecule has 1 unspecified atom stereocenters. The van der Waals surface area contributed by atoms with E-state index in [1.54, 1.807) is 0 Å². The normalized spacial score (nSPS) is 21.6. The van der Waals surface area contributed by atoms with Crippen molar-refractivity contribution in [1.29, 1.82) is 0 Å². The molecule has 0 amide bonds. The van der Waals surface area contributed by atoms with Gasteiger partial charge >= 0.3 is 0 Å². The van der Waals surface area contributed by atoms with Crippen LogP contribution >= 0.6 is 0 Å². The summed E-state index contributed by atoms with van der Waals surface area (Å²) in [5.74, 6) is 0.747. The fraction of sp³-hybridized carbons (Fsp3) is 0.733. The molecule has 0 aromatic carbocycles. The lowest BCUT2D eigenvalue weighted by Crippen LogP contribution is -2.38. The largest absolute Gasteiger partial charge is 0.313 e. The Morgan fingerprint density at radius 3 is 2.89 bits per heavy atom. The Morgan fingerprint density at radius 1 is 1.37 bits per heavy atom. The number of aromatic nitrogens is 2. The van der Waals surface area contributed by atoms with Crippen LogP contribution in [0.1, 0.15) is 38.1 Å². The third kappa shape index (κ3) is 4.88. The van der Waals surface area contributed by atoms with Crippen molar-refractivity contribution in [1.82, 2.24) is 20.2 Å². The molecule has 1 saturated heterocycles. The maximum Gasteiger partial charge on any atom is 0.0727 e. The third-order valence-corrected chi connectivity index (χ3v) is 3.54. The topological polar surface area (TPSA) is 41.1 Å². The van der Waals surface area contributed by atoms with Crippen molar-refractivity contribution in [3.05, 3.63) is 23.8 Å². The molecule has 4 nitrogen and oxygen atoms in total. The van der Waals surface area contributed by atoms with Crippen LogP contribution in [0.4, 0.5) is 0 Å². The first-order valence-electron chi connectivity index (χ1n) is 7.36. The summed E-state index contributed by atoms with van der Waals surface area (Å²) in [6, 6.07) is 0.612. The van der Waals surface area contributed by atoms with Crippen LogP contribution in [0, 0.1) is 12.8 Å². The summed E-state index contributed by atoms with van der Waals surface area (Å²) >= 11 is 0. The van der Waals surface area contributed by atoms with Gasteiger partial charge in [-0.2, -0.15) is 0 Å². The van der Waals surface area contributed by atoms with Gasteiger partial charge in [0.15, 0.2) is 0 Å². The van der Waals surface area contributed by atoms with Crippen LogP contribution in [0.25, 0.3) is 0 Å². The van der Waals surface area contributed by atoms with Gasteiger partial charge in [0.25, 0.3) is 0 Å². The molecule has 2 rings (SSSR count). The molecular weight excluding hydrogens is 236 g/mol. The maximum atomic E-state index is 4.46. The maximum absolute atomic E-state index is 4.46. The zero-order chi connectivity index (χ0) is 13.7. The molecule has 1 aromatic rings. The van der Waals surface area contributed by atoms with Crippen LogP contribution in [0.2, 0.25) is 0 Å². The first-order valence-corrected chi connectivity index (χ1v) is 7.36. The number of hydrogen-bond acceptors (Lipinski definition) is 4. The van der Waals surface area contributed by atoms with E-state index in [9.17, 15) is 0 Å². The van der Waals surface area contributed by atoms with Crippen LogP contribution in [0.15, 0.2) is 12.4 Å². The fourth-order valence-corrected chi connectivity index (χ4v) is 2.68. The predicted octanol–water partition coefficient (Wildman–Crippen LogP) is 2.00. The molecule has 4 heteroatoms. The molecule has 106 valence electrons. The molecule has 1 aliphatic rings. The molecule has 0 radical (unpaired) electrons. The molecule has 1 fully saturated rings. The van der Waals surface area contributed by atoms with Gasteiger partial charge in [0.1, 0.15) is 0 Å². The minimum atomic E-state index is 0.612. The highest BCUT2D eigenvalue weighted by atomic mass is 15.2. The van der Waals surface area contributed by atoms with E-state index < -0.39 is 0 Å². The average molecular weight is 262 g/mol. The van der Waals surface area contributed by atoms with Crippen LogP contribution in [0.5, 0.6) is 0 Å². The molecule has 1 N–H and O–H groups in total. The highest BCUT2D eigenvalue weighted by molar-refractivity contribution is 5.00. The third-order valence-electron chi connectivity index (χ3n) is 3.54. The van der Waals surface area contributed by atoms with Crippen molar-refractivity contribution in [2.45, 2.75) is 46.2 Å².